The van der Waals surface area contributed by atoms with E-state index in [-0.39, 0.29) is 5.97 Å². The molecule has 1 aromatic rings. The molecular weight excluding hydrogens is 316 g/mol. The molecule has 1 aliphatic carbocycles. The predicted molar refractivity (Wildman–Crippen MR) is 95.8 cm³/mol. The molecule has 0 saturated heterocycles. The van der Waals surface area contributed by atoms with E-state index < -0.39 is 0 Å². The van der Waals surface area contributed by atoms with Gasteiger partial charge in [-0.25, -0.2) is 4.79 Å². The maximum absolute atomic E-state index is 11.8. The third kappa shape index (κ3) is 4.43. The molecule has 0 radical (unpaired) electrons. The van der Waals surface area contributed by atoms with Gasteiger partial charge in [0.25, 0.3) is 0 Å². The SMILES string of the molecule is CCC1CCC(NC(=S)Nc2sc(C)cc2C(=O)OC)CC1. The Balaban J connectivity index is 1.91. The molecule has 4 nitrogen and oxygen atoms in total. The minimum Gasteiger partial charge on any atom is -0.465 e. The van der Waals surface area contributed by atoms with Gasteiger partial charge < -0.3 is 15.4 Å². The number of esters is 1. The molecule has 1 saturated carbocycles. The number of rotatable bonds is 4. The lowest BCUT2D eigenvalue weighted by molar-refractivity contribution is 0.0602. The van der Waals surface area contributed by atoms with E-state index in [4.69, 9.17) is 17.0 Å². The molecule has 1 aromatic heterocycles. The van der Waals surface area contributed by atoms with E-state index in [0.29, 0.717) is 16.7 Å². The van der Waals surface area contributed by atoms with Crippen molar-refractivity contribution in [1.82, 2.24) is 5.32 Å². The Morgan fingerprint density at radius 3 is 2.68 bits per heavy atom. The number of anilines is 1. The summed E-state index contributed by atoms with van der Waals surface area (Å²) in [5.41, 5.74) is 0.545. The summed E-state index contributed by atoms with van der Waals surface area (Å²) < 4.78 is 4.81. The molecule has 2 rings (SSSR count). The van der Waals surface area contributed by atoms with Gasteiger partial charge >= 0.3 is 5.97 Å². The molecule has 0 spiro atoms. The summed E-state index contributed by atoms with van der Waals surface area (Å²) in [5.74, 6) is 0.531. The molecule has 2 N–H and O–H groups in total. The maximum atomic E-state index is 11.8. The Kier molecular flexibility index (Phi) is 6.20. The number of ether oxygens (including phenoxy) is 1. The smallest absolute Gasteiger partial charge is 0.340 e. The molecule has 0 aromatic carbocycles. The molecule has 122 valence electrons. The van der Waals surface area contributed by atoms with E-state index in [1.807, 2.05) is 13.0 Å². The predicted octanol–water partition coefficient (Wildman–Crippen LogP) is 4.10. The first-order valence-electron chi connectivity index (χ1n) is 7.79. The van der Waals surface area contributed by atoms with Crippen molar-refractivity contribution < 1.29 is 9.53 Å². The van der Waals surface area contributed by atoms with Gasteiger partial charge in [-0.3, -0.25) is 0 Å². The molecule has 1 aliphatic rings. The van der Waals surface area contributed by atoms with Crippen LogP contribution in [0.15, 0.2) is 6.07 Å². The number of thiophene rings is 1. The van der Waals surface area contributed by atoms with Crippen LogP contribution >= 0.6 is 23.6 Å². The highest BCUT2D eigenvalue weighted by molar-refractivity contribution is 7.80. The van der Waals surface area contributed by atoms with E-state index in [1.165, 1.54) is 37.7 Å². The average molecular weight is 341 g/mol. The topological polar surface area (TPSA) is 50.4 Å². The van der Waals surface area contributed by atoms with E-state index in [1.54, 1.807) is 0 Å². The third-order valence-electron chi connectivity index (χ3n) is 4.25. The fourth-order valence-corrected chi connectivity index (χ4v) is 4.15. The minimum atomic E-state index is -0.335. The zero-order chi connectivity index (χ0) is 16.1. The Labute approximate surface area is 141 Å². The van der Waals surface area contributed by atoms with Crippen molar-refractivity contribution in [1.29, 1.82) is 0 Å². The molecule has 0 unspecified atom stereocenters. The van der Waals surface area contributed by atoms with Crippen molar-refractivity contribution in [3.63, 3.8) is 0 Å². The van der Waals surface area contributed by atoms with Crippen LogP contribution in [-0.4, -0.2) is 24.2 Å². The van der Waals surface area contributed by atoms with Crippen LogP contribution in [0.3, 0.4) is 0 Å². The van der Waals surface area contributed by atoms with E-state index in [9.17, 15) is 4.79 Å². The normalized spacial score (nSPS) is 21.2. The van der Waals surface area contributed by atoms with Crippen molar-refractivity contribution in [2.75, 3.05) is 12.4 Å². The number of nitrogens with one attached hydrogen (secondary N) is 2. The van der Waals surface area contributed by atoms with Crippen molar-refractivity contribution in [2.24, 2.45) is 5.92 Å². The van der Waals surface area contributed by atoms with Gasteiger partial charge in [0.1, 0.15) is 5.00 Å². The highest BCUT2D eigenvalue weighted by Gasteiger charge is 2.21. The second kappa shape index (κ2) is 7.92. The van der Waals surface area contributed by atoms with Crippen LogP contribution in [0.5, 0.6) is 0 Å². The van der Waals surface area contributed by atoms with Crippen LogP contribution < -0.4 is 10.6 Å². The number of carbonyl (C=O) groups is 1. The number of thiocarbonyl (C=S) groups is 1. The average Bonchev–Trinajstić information content (AvgIpc) is 2.87. The van der Waals surface area contributed by atoms with Gasteiger partial charge in [0.05, 0.1) is 12.7 Å². The number of aryl methyl sites for hydroxylation is 1. The van der Waals surface area contributed by atoms with Gasteiger partial charge in [0.2, 0.25) is 0 Å². The minimum absolute atomic E-state index is 0.335. The first-order valence-corrected chi connectivity index (χ1v) is 9.02. The summed E-state index contributed by atoms with van der Waals surface area (Å²) in [7, 11) is 1.39. The summed E-state index contributed by atoms with van der Waals surface area (Å²) in [4.78, 5) is 12.8. The van der Waals surface area contributed by atoms with Gasteiger partial charge in [-0.05, 0) is 56.8 Å². The summed E-state index contributed by atoms with van der Waals surface area (Å²) in [6.45, 7) is 4.23. The standard InChI is InChI=1S/C16H24N2O2S2/c1-4-11-5-7-12(8-6-11)17-16(21)18-14-13(15(19)20-3)9-10(2)22-14/h9,11-12H,4-8H2,1-3H3,(H2,17,18,21). The van der Waals surface area contributed by atoms with Crippen molar-refractivity contribution >= 4 is 39.6 Å². The van der Waals surface area contributed by atoms with Crippen molar-refractivity contribution in [2.45, 2.75) is 52.0 Å². The van der Waals surface area contributed by atoms with Crippen LogP contribution in [-0.2, 0) is 4.74 Å². The van der Waals surface area contributed by atoms with Gasteiger partial charge in [-0.1, -0.05) is 13.3 Å². The molecule has 0 atom stereocenters. The van der Waals surface area contributed by atoms with E-state index in [2.05, 4.69) is 17.6 Å². The Morgan fingerprint density at radius 2 is 2.09 bits per heavy atom. The second-order valence-electron chi connectivity index (χ2n) is 5.82. The van der Waals surface area contributed by atoms with Crippen LogP contribution in [0.25, 0.3) is 0 Å². The summed E-state index contributed by atoms with van der Waals surface area (Å²) in [6, 6.07) is 2.26. The number of hydrogen-bond donors (Lipinski definition) is 2. The maximum Gasteiger partial charge on any atom is 0.340 e. The summed E-state index contributed by atoms with van der Waals surface area (Å²) >= 11 is 6.91. The van der Waals surface area contributed by atoms with Crippen molar-refractivity contribution in [3.8, 4) is 0 Å². The molecule has 1 fully saturated rings. The molecule has 0 amide bonds. The third-order valence-corrected chi connectivity index (χ3v) is 5.43. The van der Waals surface area contributed by atoms with Crippen molar-refractivity contribution in [3.05, 3.63) is 16.5 Å². The first kappa shape index (κ1) is 17.2. The molecule has 1 heterocycles. The Hall–Kier alpha value is -1.14. The molecule has 6 heteroatoms. The highest BCUT2D eigenvalue weighted by atomic mass is 32.1. The first-order chi connectivity index (χ1) is 10.5. The lowest BCUT2D eigenvalue weighted by Crippen LogP contribution is -2.40. The van der Waals surface area contributed by atoms with Gasteiger partial charge in [-0.2, -0.15) is 0 Å². The Morgan fingerprint density at radius 1 is 1.41 bits per heavy atom. The summed E-state index contributed by atoms with van der Waals surface area (Å²) in [6.07, 6.45) is 6.12. The van der Waals surface area contributed by atoms with E-state index in [0.717, 1.165) is 28.6 Å². The quantitative estimate of drug-likeness (QED) is 0.638. The Bertz CT molecular complexity index is 534. The lowest BCUT2D eigenvalue weighted by Gasteiger charge is -2.29. The summed E-state index contributed by atoms with van der Waals surface area (Å²) in [5, 5.41) is 7.88. The number of hydrogen-bond acceptors (Lipinski definition) is 4. The fourth-order valence-electron chi connectivity index (χ4n) is 2.91. The van der Waals surface area contributed by atoms with Crippen LogP contribution in [0, 0.1) is 12.8 Å². The van der Waals surface area contributed by atoms with Crippen LogP contribution in [0.2, 0.25) is 0 Å². The molecule has 0 aliphatic heterocycles. The van der Waals surface area contributed by atoms with E-state index >= 15 is 0 Å². The lowest BCUT2D eigenvalue weighted by atomic mass is 9.85. The second-order valence-corrected chi connectivity index (χ2v) is 7.48. The molecular formula is C16H24N2O2S2. The molecule has 22 heavy (non-hydrogen) atoms. The van der Waals surface area contributed by atoms with Crippen LogP contribution in [0.1, 0.15) is 54.3 Å². The number of methoxy groups -OCH3 is 1. The highest BCUT2D eigenvalue weighted by Crippen LogP contribution is 2.29. The fraction of sp³-hybridized carbons (Fsp3) is 0.625. The van der Waals surface area contributed by atoms with Crippen LogP contribution in [0.4, 0.5) is 5.00 Å². The molecule has 0 bridgehead atoms. The largest absolute Gasteiger partial charge is 0.465 e. The van der Waals surface area contributed by atoms with Gasteiger partial charge in [-0.15, -0.1) is 11.3 Å². The zero-order valence-corrected chi connectivity index (χ0v) is 15.0. The monoisotopic (exact) mass is 340 g/mol. The van der Waals surface area contributed by atoms with Gasteiger partial charge in [0.15, 0.2) is 5.11 Å². The zero-order valence-electron chi connectivity index (χ0n) is 13.4. The van der Waals surface area contributed by atoms with Gasteiger partial charge in [0, 0.05) is 10.9 Å². The number of carbonyl (C=O) groups excluding carboxylic acids is 1.